The molecule has 0 saturated carbocycles. The van der Waals surface area contributed by atoms with E-state index in [1.807, 2.05) is 0 Å². The lowest BCUT2D eigenvalue weighted by Gasteiger charge is -2.11. The van der Waals surface area contributed by atoms with Crippen LogP contribution in [0.15, 0.2) is 18.2 Å². The molecule has 1 rings (SSSR count). The van der Waals surface area contributed by atoms with Crippen LogP contribution in [0.5, 0.6) is 5.75 Å². The molecular formula is C8H12N2O2. The first-order valence-corrected chi connectivity index (χ1v) is 3.60. The third-order valence-corrected chi connectivity index (χ3v) is 1.67. The van der Waals surface area contributed by atoms with Crippen molar-refractivity contribution in [2.24, 2.45) is 5.73 Å². The van der Waals surface area contributed by atoms with Gasteiger partial charge in [0.2, 0.25) is 0 Å². The minimum absolute atomic E-state index is 0.100. The minimum atomic E-state index is -0.530. The maximum Gasteiger partial charge on any atom is 0.116 e. The van der Waals surface area contributed by atoms with Crippen LogP contribution >= 0.6 is 0 Å². The van der Waals surface area contributed by atoms with Crippen molar-refractivity contribution in [2.45, 2.75) is 6.04 Å². The largest absolute Gasteiger partial charge is 0.508 e. The molecule has 1 aromatic rings. The maximum atomic E-state index is 9.09. The van der Waals surface area contributed by atoms with Crippen LogP contribution in [-0.2, 0) is 0 Å². The fourth-order valence-electron chi connectivity index (χ4n) is 0.982. The van der Waals surface area contributed by atoms with Crippen LogP contribution in [0.2, 0.25) is 0 Å². The highest BCUT2D eigenvalue weighted by Gasteiger charge is 2.08. The van der Waals surface area contributed by atoms with Gasteiger partial charge in [-0.25, -0.2) is 0 Å². The van der Waals surface area contributed by atoms with Gasteiger partial charge in [-0.05, 0) is 23.8 Å². The van der Waals surface area contributed by atoms with Crippen LogP contribution in [0.3, 0.4) is 0 Å². The fraction of sp³-hybridized carbons (Fsp3) is 0.250. The molecule has 12 heavy (non-hydrogen) atoms. The molecule has 0 saturated heterocycles. The lowest BCUT2D eigenvalue weighted by molar-refractivity contribution is 0.268. The van der Waals surface area contributed by atoms with Crippen molar-refractivity contribution in [3.63, 3.8) is 0 Å². The monoisotopic (exact) mass is 168 g/mol. The third-order valence-electron chi connectivity index (χ3n) is 1.67. The zero-order chi connectivity index (χ0) is 9.14. The van der Waals surface area contributed by atoms with Gasteiger partial charge >= 0.3 is 0 Å². The summed E-state index contributed by atoms with van der Waals surface area (Å²) in [5.74, 6) is 0.100. The summed E-state index contributed by atoms with van der Waals surface area (Å²) in [7, 11) is 0. The van der Waals surface area contributed by atoms with E-state index in [1.165, 1.54) is 12.1 Å². The topological polar surface area (TPSA) is 92.5 Å². The molecule has 0 aliphatic heterocycles. The van der Waals surface area contributed by atoms with Crippen molar-refractivity contribution in [1.82, 2.24) is 0 Å². The zero-order valence-electron chi connectivity index (χ0n) is 6.57. The van der Waals surface area contributed by atoms with Gasteiger partial charge in [-0.3, -0.25) is 0 Å². The second-order valence-corrected chi connectivity index (χ2v) is 2.60. The first-order valence-electron chi connectivity index (χ1n) is 3.60. The van der Waals surface area contributed by atoms with E-state index >= 15 is 0 Å². The molecule has 4 nitrogen and oxygen atoms in total. The number of benzene rings is 1. The van der Waals surface area contributed by atoms with E-state index in [0.29, 0.717) is 11.3 Å². The van der Waals surface area contributed by atoms with Crippen molar-refractivity contribution in [3.05, 3.63) is 23.8 Å². The Labute approximate surface area is 70.4 Å². The van der Waals surface area contributed by atoms with Gasteiger partial charge in [0.1, 0.15) is 5.75 Å². The van der Waals surface area contributed by atoms with Crippen molar-refractivity contribution >= 4 is 5.69 Å². The van der Waals surface area contributed by atoms with Crippen molar-refractivity contribution in [3.8, 4) is 5.75 Å². The molecule has 0 fully saturated rings. The second kappa shape index (κ2) is 3.42. The van der Waals surface area contributed by atoms with Crippen LogP contribution in [0.1, 0.15) is 11.6 Å². The Morgan fingerprint density at radius 2 is 2.08 bits per heavy atom. The van der Waals surface area contributed by atoms with Gasteiger partial charge in [-0.1, -0.05) is 0 Å². The lowest BCUT2D eigenvalue weighted by Crippen LogP contribution is -2.16. The molecule has 0 spiro atoms. The molecule has 0 heterocycles. The quantitative estimate of drug-likeness (QED) is 0.368. The molecule has 0 aromatic heterocycles. The number of nitrogen functional groups attached to an aromatic ring is 1. The third kappa shape index (κ3) is 1.66. The fourth-order valence-corrected chi connectivity index (χ4v) is 0.982. The predicted molar refractivity (Wildman–Crippen MR) is 46.5 cm³/mol. The summed E-state index contributed by atoms with van der Waals surface area (Å²) in [6.07, 6.45) is 0. The number of aliphatic hydroxyl groups excluding tert-OH is 1. The van der Waals surface area contributed by atoms with Gasteiger partial charge in [0.15, 0.2) is 0 Å². The Balaban J connectivity index is 3.04. The van der Waals surface area contributed by atoms with Crippen molar-refractivity contribution < 1.29 is 10.2 Å². The highest BCUT2D eigenvalue weighted by Crippen LogP contribution is 2.22. The molecular weight excluding hydrogens is 156 g/mol. The number of rotatable bonds is 2. The first kappa shape index (κ1) is 8.83. The number of hydrogen-bond acceptors (Lipinski definition) is 4. The van der Waals surface area contributed by atoms with Gasteiger partial charge < -0.3 is 21.7 Å². The molecule has 6 N–H and O–H groups in total. The summed E-state index contributed by atoms with van der Waals surface area (Å²) in [4.78, 5) is 0. The molecule has 1 atom stereocenters. The van der Waals surface area contributed by atoms with Crippen LogP contribution in [0.4, 0.5) is 5.69 Å². The van der Waals surface area contributed by atoms with Gasteiger partial charge in [0.05, 0.1) is 12.6 Å². The van der Waals surface area contributed by atoms with Gasteiger partial charge in [-0.15, -0.1) is 0 Å². The Bertz CT molecular complexity index is 276. The smallest absolute Gasteiger partial charge is 0.116 e. The Hall–Kier alpha value is -1.26. The Morgan fingerprint density at radius 3 is 2.67 bits per heavy atom. The van der Waals surface area contributed by atoms with E-state index in [-0.39, 0.29) is 12.4 Å². The lowest BCUT2D eigenvalue weighted by atomic mass is 10.1. The van der Waals surface area contributed by atoms with Crippen LogP contribution in [0, 0.1) is 0 Å². The number of nitrogens with two attached hydrogens (primary N) is 2. The van der Waals surface area contributed by atoms with E-state index in [0.717, 1.165) is 0 Å². The molecule has 0 bridgehead atoms. The molecule has 66 valence electrons. The molecule has 1 aromatic carbocycles. The van der Waals surface area contributed by atoms with E-state index in [9.17, 15) is 0 Å². The molecule has 0 radical (unpaired) electrons. The molecule has 0 aliphatic carbocycles. The summed E-state index contributed by atoms with van der Waals surface area (Å²) >= 11 is 0. The molecule has 0 unspecified atom stereocenters. The average Bonchev–Trinajstić information content (AvgIpc) is 2.08. The number of aliphatic hydroxyl groups is 1. The van der Waals surface area contributed by atoms with Gasteiger partial charge in [0.25, 0.3) is 0 Å². The predicted octanol–water partition coefficient (Wildman–Crippen LogP) is -0.0335. The maximum absolute atomic E-state index is 9.09. The van der Waals surface area contributed by atoms with Crippen molar-refractivity contribution in [1.29, 1.82) is 0 Å². The van der Waals surface area contributed by atoms with Gasteiger partial charge in [-0.2, -0.15) is 0 Å². The van der Waals surface area contributed by atoms with Crippen molar-refractivity contribution in [2.75, 3.05) is 12.3 Å². The summed E-state index contributed by atoms with van der Waals surface area (Å²) in [6, 6.07) is 3.95. The summed E-state index contributed by atoms with van der Waals surface area (Å²) in [5, 5.41) is 17.8. The number of phenols is 1. The number of hydrogen-bond donors (Lipinski definition) is 4. The highest BCUT2D eigenvalue weighted by molar-refractivity contribution is 5.51. The SMILES string of the molecule is Nc1ccc(O)cc1[C@H](N)CO. The minimum Gasteiger partial charge on any atom is -0.508 e. The highest BCUT2D eigenvalue weighted by atomic mass is 16.3. The Kier molecular flexibility index (Phi) is 2.52. The first-order chi connectivity index (χ1) is 5.65. The average molecular weight is 168 g/mol. The standard InChI is InChI=1S/C8H12N2O2/c9-7-2-1-5(12)3-6(7)8(10)4-11/h1-3,8,11-12H,4,9-10H2/t8-/m1/s1. The molecule has 4 heteroatoms. The van der Waals surface area contributed by atoms with Crippen LogP contribution < -0.4 is 11.5 Å². The zero-order valence-corrected chi connectivity index (χ0v) is 6.57. The Morgan fingerprint density at radius 1 is 1.42 bits per heavy atom. The normalized spacial score (nSPS) is 12.8. The summed E-state index contributed by atoms with van der Waals surface area (Å²) < 4.78 is 0. The summed E-state index contributed by atoms with van der Waals surface area (Å²) in [5.41, 5.74) is 12.1. The summed E-state index contributed by atoms with van der Waals surface area (Å²) in [6.45, 7) is -0.187. The van der Waals surface area contributed by atoms with Gasteiger partial charge in [0, 0.05) is 5.69 Å². The number of phenolic OH excluding ortho intramolecular Hbond substituents is 1. The molecule has 0 amide bonds. The van der Waals surface area contributed by atoms with Crippen LogP contribution in [0.25, 0.3) is 0 Å². The van der Waals surface area contributed by atoms with E-state index in [2.05, 4.69) is 0 Å². The van der Waals surface area contributed by atoms with E-state index < -0.39 is 6.04 Å². The number of anilines is 1. The second-order valence-electron chi connectivity index (χ2n) is 2.60. The van der Waals surface area contributed by atoms with Crippen LogP contribution in [-0.4, -0.2) is 16.8 Å². The van der Waals surface area contributed by atoms with E-state index in [1.54, 1.807) is 6.07 Å². The molecule has 0 aliphatic rings. The van der Waals surface area contributed by atoms with E-state index in [4.69, 9.17) is 21.7 Å². The number of aromatic hydroxyl groups is 1.